The molecule has 1 aliphatic rings. The minimum Gasteiger partial charge on any atom is -0.322 e. The van der Waals surface area contributed by atoms with Gasteiger partial charge in [0.15, 0.2) is 0 Å². The van der Waals surface area contributed by atoms with Gasteiger partial charge in [0.05, 0.1) is 4.90 Å². The summed E-state index contributed by atoms with van der Waals surface area (Å²) in [6.07, 6.45) is 1.03. The lowest BCUT2D eigenvalue weighted by atomic mass is 9.94. The van der Waals surface area contributed by atoms with Crippen molar-refractivity contribution in [2.24, 2.45) is 11.8 Å². The summed E-state index contributed by atoms with van der Waals surface area (Å²) in [5.41, 5.74) is 2.06. The minimum atomic E-state index is -3.61. The van der Waals surface area contributed by atoms with Crippen molar-refractivity contribution in [2.45, 2.75) is 32.1 Å². The predicted octanol–water partition coefficient (Wildman–Crippen LogP) is 3.91. The summed E-state index contributed by atoms with van der Waals surface area (Å²) in [5.74, 6) is 0.339. The number of carbonyl (C=O) groups excluding carboxylic acids is 1. The van der Waals surface area contributed by atoms with Crippen LogP contribution in [0.5, 0.6) is 0 Å². The highest BCUT2D eigenvalue weighted by atomic mass is 32.2. The molecule has 0 bridgehead atoms. The van der Waals surface area contributed by atoms with Crippen molar-refractivity contribution in [3.8, 4) is 0 Å². The van der Waals surface area contributed by atoms with Crippen molar-refractivity contribution in [2.75, 3.05) is 18.4 Å². The molecule has 2 unspecified atom stereocenters. The van der Waals surface area contributed by atoms with Crippen molar-refractivity contribution in [3.63, 3.8) is 0 Å². The van der Waals surface area contributed by atoms with Crippen LogP contribution in [0.2, 0.25) is 0 Å². The van der Waals surface area contributed by atoms with Crippen molar-refractivity contribution < 1.29 is 13.2 Å². The molecule has 1 amide bonds. The lowest BCUT2D eigenvalue weighted by Gasteiger charge is -2.34. The lowest BCUT2D eigenvalue weighted by molar-refractivity contribution is 0.102. The van der Waals surface area contributed by atoms with Crippen molar-refractivity contribution in [1.29, 1.82) is 0 Å². The average molecular weight is 387 g/mol. The van der Waals surface area contributed by atoms with Gasteiger partial charge in [-0.3, -0.25) is 4.79 Å². The van der Waals surface area contributed by atoms with Crippen molar-refractivity contribution >= 4 is 21.6 Å². The van der Waals surface area contributed by atoms with Gasteiger partial charge in [0.2, 0.25) is 10.0 Å². The highest BCUT2D eigenvalue weighted by molar-refractivity contribution is 7.89. The Bertz CT molecular complexity index is 930. The summed E-state index contributed by atoms with van der Waals surface area (Å²) in [7, 11) is -3.61. The number of piperidine rings is 1. The number of hydrogen-bond donors (Lipinski definition) is 1. The molecule has 3 rings (SSSR count). The molecule has 144 valence electrons. The molecular formula is C21H26N2O3S. The largest absolute Gasteiger partial charge is 0.322 e. The van der Waals surface area contributed by atoms with Crippen LogP contribution in [0.15, 0.2) is 53.4 Å². The van der Waals surface area contributed by atoms with Gasteiger partial charge < -0.3 is 5.32 Å². The molecule has 2 aromatic rings. The van der Waals surface area contributed by atoms with Crippen LogP contribution in [0.4, 0.5) is 5.69 Å². The Morgan fingerprint density at radius 1 is 1.04 bits per heavy atom. The van der Waals surface area contributed by atoms with Gasteiger partial charge in [-0.05, 0) is 61.1 Å². The van der Waals surface area contributed by atoms with E-state index in [4.69, 9.17) is 0 Å². The molecule has 0 spiro atoms. The fraction of sp³-hybridized carbons (Fsp3) is 0.381. The number of benzene rings is 2. The molecule has 27 heavy (non-hydrogen) atoms. The number of nitrogens with zero attached hydrogens (tertiary/aromatic N) is 1. The normalized spacial score (nSPS) is 21.0. The summed E-state index contributed by atoms with van der Waals surface area (Å²) in [4.78, 5) is 12.7. The number of amides is 1. The van der Waals surface area contributed by atoms with Gasteiger partial charge in [0, 0.05) is 24.3 Å². The van der Waals surface area contributed by atoms with E-state index in [9.17, 15) is 13.2 Å². The third-order valence-electron chi connectivity index (χ3n) is 4.85. The number of rotatable bonds is 4. The quantitative estimate of drug-likeness (QED) is 0.866. The molecule has 0 radical (unpaired) electrons. The average Bonchev–Trinajstić information content (AvgIpc) is 2.61. The van der Waals surface area contributed by atoms with Gasteiger partial charge in [-0.25, -0.2) is 8.42 Å². The maximum Gasteiger partial charge on any atom is 0.255 e. The number of sulfonamides is 1. The first-order valence-electron chi connectivity index (χ1n) is 9.24. The lowest BCUT2D eigenvalue weighted by Crippen LogP contribution is -2.42. The van der Waals surface area contributed by atoms with Gasteiger partial charge in [-0.15, -0.1) is 0 Å². The maximum atomic E-state index is 13.1. The summed E-state index contributed by atoms with van der Waals surface area (Å²) >= 11 is 0. The molecule has 1 heterocycles. The molecule has 2 atom stereocenters. The van der Waals surface area contributed by atoms with Gasteiger partial charge in [-0.1, -0.05) is 32.0 Å². The molecule has 5 nitrogen and oxygen atoms in total. The van der Waals surface area contributed by atoms with E-state index < -0.39 is 10.0 Å². The monoisotopic (exact) mass is 386 g/mol. The topological polar surface area (TPSA) is 66.5 Å². The molecule has 0 saturated carbocycles. The second kappa shape index (κ2) is 7.82. The van der Waals surface area contributed by atoms with E-state index in [0.717, 1.165) is 12.0 Å². The SMILES string of the molecule is Cc1cccc(NC(=O)c2cccc(S(=O)(=O)N3CC(C)CC(C)C3)c2)c1. The summed E-state index contributed by atoms with van der Waals surface area (Å²) in [6.45, 7) is 7.13. The summed E-state index contributed by atoms with van der Waals surface area (Å²) < 4.78 is 27.6. The van der Waals surface area contributed by atoms with Crippen molar-refractivity contribution in [1.82, 2.24) is 4.31 Å². The highest BCUT2D eigenvalue weighted by Crippen LogP contribution is 2.27. The fourth-order valence-electron chi connectivity index (χ4n) is 3.67. The van der Waals surface area contributed by atoms with Gasteiger partial charge in [0.1, 0.15) is 0 Å². The van der Waals surface area contributed by atoms with Crippen LogP contribution in [-0.2, 0) is 10.0 Å². The van der Waals surface area contributed by atoms with Gasteiger partial charge in [0.25, 0.3) is 5.91 Å². The zero-order valence-corrected chi connectivity index (χ0v) is 16.8. The molecule has 6 heteroatoms. The Hall–Kier alpha value is -2.18. The van der Waals surface area contributed by atoms with E-state index >= 15 is 0 Å². The van der Waals surface area contributed by atoms with Gasteiger partial charge >= 0.3 is 0 Å². The molecule has 2 aromatic carbocycles. The first kappa shape index (κ1) is 19.6. The Labute approximate surface area is 161 Å². The Morgan fingerprint density at radius 3 is 2.37 bits per heavy atom. The molecular weight excluding hydrogens is 360 g/mol. The van der Waals surface area contributed by atoms with Crippen LogP contribution in [0, 0.1) is 18.8 Å². The van der Waals surface area contributed by atoms with E-state index in [-0.39, 0.29) is 10.8 Å². The number of anilines is 1. The molecule has 1 aliphatic heterocycles. The molecule has 1 fully saturated rings. The van der Waals surface area contributed by atoms with E-state index in [1.165, 1.54) is 6.07 Å². The van der Waals surface area contributed by atoms with E-state index in [1.807, 2.05) is 31.2 Å². The van der Waals surface area contributed by atoms with Crippen LogP contribution in [0.3, 0.4) is 0 Å². The molecule has 1 saturated heterocycles. The first-order valence-corrected chi connectivity index (χ1v) is 10.7. The van der Waals surface area contributed by atoms with Gasteiger partial charge in [-0.2, -0.15) is 4.31 Å². The third kappa shape index (κ3) is 4.57. The fourth-order valence-corrected chi connectivity index (χ4v) is 5.40. The Morgan fingerprint density at radius 2 is 1.70 bits per heavy atom. The third-order valence-corrected chi connectivity index (χ3v) is 6.67. The smallest absolute Gasteiger partial charge is 0.255 e. The van der Waals surface area contributed by atoms with Crippen molar-refractivity contribution in [3.05, 3.63) is 59.7 Å². The number of nitrogens with one attached hydrogen (secondary N) is 1. The predicted molar refractivity (Wildman–Crippen MR) is 107 cm³/mol. The van der Waals surface area contributed by atoms with E-state index in [1.54, 1.807) is 22.5 Å². The number of hydrogen-bond acceptors (Lipinski definition) is 3. The molecule has 0 aliphatic carbocycles. The molecule has 0 aromatic heterocycles. The number of aryl methyl sites for hydroxylation is 1. The Kier molecular flexibility index (Phi) is 5.67. The minimum absolute atomic E-state index is 0.167. The zero-order chi connectivity index (χ0) is 19.6. The van der Waals surface area contributed by atoms with Crippen LogP contribution >= 0.6 is 0 Å². The molecule has 1 N–H and O–H groups in total. The second-order valence-electron chi connectivity index (χ2n) is 7.62. The second-order valence-corrected chi connectivity index (χ2v) is 9.56. The van der Waals surface area contributed by atoms with E-state index in [0.29, 0.717) is 36.2 Å². The standard InChI is InChI=1S/C21H26N2O3S/c1-15-6-4-8-19(11-15)22-21(24)18-7-5-9-20(12-18)27(25,26)23-13-16(2)10-17(3)14-23/h4-9,11-12,16-17H,10,13-14H2,1-3H3,(H,22,24). The first-order chi connectivity index (χ1) is 12.8. The zero-order valence-electron chi connectivity index (χ0n) is 16.0. The van der Waals surface area contributed by atoms with Crippen LogP contribution in [0.1, 0.15) is 36.2 Å². The van der Waals surface area contributed by atoms with E-state index in [2.05, 4.69) is 19.2 Å². The number of carbonyl (C=O) groups is 1. The van der Waals surface area contributed by atoms with Crippen LogP contribution in [-0.4, -0.2) is 31.7 Å². The summed E-state index contributed by atoms with van der Waals surface area (Å²) in [6, 6.07) is 13.8. The summed E-state index contributed by atoms with van der Waals surface area (Å²) in [5, 5.41) is 2.82. The van der Waals surface area contributed by atoms with Crippen LogP contribution in [0.25, 0.3) is 0 Å². The van der Waals surface area contributed by atoms with Crippen LogP contribution < -0.4 is 5.32 Å². The Balaban J connectivity index is 1.83. The highest BCUT2D eigenvalue weighted by Gasteiger charge is 2.31. The maximum absolute atomic E-state index is 13.1.